The number of nitrogens with zero attached hydrogens (tertiary/aromatic N) is 1. The highest BCUT2D eigenvalue weighted by atomic mass is 35.5. The molecule has 5 aromatic rings. The van der Waals surface area contributed by atoms with E-state index in [-0.39, 0.29) is 11.5 Å². The van der Waals surface area contributed by atoms with Gasteiger partial charge in [-0.05, 0) is 60.2 Å². The number of fused-ring (bicyclic) bond motifs is 1. The molecule has 0 saturated carbocycles. The lowest BCUT2D eigenvalue weighted by Crippen LogP contribution is -2.13. The summed E-state index contributed by atoms with van der Waals surface area (Å²) < 4.78 is 0. The predicted molar refractivity (Wildman–Crippen MR) is 140 cm³/mol. The molecule has 1 amide bonds. The second kappa shape index (κ2) is 9.66. The second-order valence-corrected chi connectivity index (χ2v) is 8.70. The van der Waals surface area contributed by atoms with Gasteiger partial charge in [-0.1, -0.05) is 41.4 Å². The van der Waals surface area contributed by atoms with Gasteiger partial charge in [-0.3, -0.25) is 9.59 Å². The number of H-pyrrole nitrogens is 2. The molecule has 2 heterocycles. The smallest absolute Gasteiger partial charge is 0.261 e. The van der Waals surface area contributed by atoms with Gasteiger partial charge in [0.05, 0.1) is 22.4 Å². The molecule has 4 N–H and O–H groups in total. The van der Waals surface area contributed by atoms with Gasteiger partial charge >= 0.3 is 0 Å². The van der Waals surface area contributed by atoms with Crippen molar-refractivity contribution >= 4 is 51.5 Å². The molecule has 0 unspecified atom stereocenters. The lowest BCUT2D eigenvalue weighted by atomic mass is 10.2. The number of anilines is 2. The van der Waals surface area contributed by atoms with Crippen LogP contribution in [0.3, 0.4) is 0 Å². The van der Waals surface area contributed by atoms with Crippen LogP contribution in [0.2, 0.25) is 10.0 Å². The first kappa shape index (κ1) is 22.7. The third-order valence-corrected chi connectivity index (χ3v) is 5.93. The van der Waals surface area contributed by atoms with Gasteiger partial charge in [0, 0.05) is 28.4 Å². The van der Waals surface area contributed by atoms with Crippen molar-refractivity contribution < 1.29 is 4.79 Å². The number of aromatic amines is 2. The summed E-state index contributed by atoms with van der Waals surface area (Å²) in [5.41, 5.74) is 3.87. The van der Waals surface area contributed by atoms with E-state index in [4.69, 9.17) is 23.2 Å². The standard InChI is InChI=1S/C26H19Cl2N5O2/c27-17-9-7-16(8-10-17)25(34)32-21-6-2-5-20-23(21)33-24(31-20)22-19(11-12-29-26(22)35)30-14-15-3-1-4-18(28)13-15/h1-13H,14H2,(H,31,33)(H,32,34)(H2,29,30,35). The van der Waals surface area contributed by atoms with Crippen molar-refractivity contribution in [2.45, 2.75) is 6.54 Å². The molecular weight excluding hydrogens is 485 g/mol. The molecule has 0 spiro atoms. The monoisotopic (exact) mass is 503 g/mol. The number of carbonyl (C=O) groups excluding carboxylic acids is 1. The first-order valence-electron chi connectivity index (χ1n) is 10.7. The zero-order chi connectivity index (χ0) is 24.4. The van der Waals surface area contributed by atoms with Crippen LogP contribution < -0.4 is 16.2 Å². The number of carbonyl (C=O) groups is 1. The molecule has 0 aliphatic rings. The number of para-hydroxylation sites is 1. The first-order valence-corrected chi connectivity index (χ1v) is 11.5. The molecular formula is C26H19Cl2N5O2. The van der Waals surface area contributed by atoms with E-state index in [1.54, 1.807) is 54.7 Å². The minimum absolute atomic E-state index is 0.285. The Morgan fingerprint density at radius 1 is 0.914 bits per heavy atom. The SMILES string of the molecule is O=C(Nc1cccc2nc(-c3c(NCc4cccc(Cl)c4)cc[nH]c3=O)[nH]c12)c1ccc(Cl)cc1. The van der Waals surface area contributed by atoms with Crippen LogP contribution >= 0.6 is 23.2 Å². The van der Waals surface area contributed by atoms with E-state index in [0.29, 0.717) is 55.9 Å². The molecule has 0 atom stereocenters. The van der Waals surface area contributed by atoms with Crippen LogP contribution in [-0.4, -0.2) is 20.9 Å². The van der Waals surface area contributed by atoms with Crippen molar-refractivity contribution in [2.75, 3.05) is 10.6 Å². The number of amides is 1. The molecule has 0 radical (unpaired) electrons. The number of hydrogen-bond donors (Lipinski definition) is 4. The number of hydrogen-bond acceptors (Lipinski definition) is 4. The van der Waals surface area contributed by atoms with Crippen LogP contribution in [0.15, 0.2) is 83.8 Å². The van der Waals surface area contributed by atoms with Crippen molar-refractivity contribution in [1.82, 2.24) is 15.0 Å². The largest absolute Gasteiger partial charge is 0.380 e. The Hall–Kier alpha value is -4.07. The Balaban J connectivity index is 1.47. The van der Waals surface area contributed by atoms with E-state index in [2.05, 4.69) is 25.6 Å². The van der Waals surface area contributed by atoms with Crippen molar-refractivity contribution in [3.8, 4) is 11.4 Å². The van der Waals surface area contributed by atoms with E-state index in [1.807, 2.05) is 24.3 Å². The van der Waals surface area contributed by atoms with E-state index in [0.717, 1.165) is 5.56 Å². The number of imidazole rings is 1. The Kier molecular flexibility index (Phi) is 6.27. The fourth-order valence-corrected chi connectivity index (χ4v) is 4.09. The summed E-state index contributed by atoms with van der Waals surface area (Å²) in [6, 6.07) is 21.2. The Bertz CT molecular complexity index is 1590. The highest BCUT2D eigenvalue weighted by Crippen LogP contribution is 2.28. The number of pyridine rings is 1. The van der Waals surface area contributed by atoms with Crippen molar-refractivity contribution in [1.29, 1.82) is 0 Å². The van der Waals surface area contributed by atoms with Crippen LogP contribution in [0, 0.1) is 0 Å². The molecule has 9 heteroatoms. The van der Waals surface area contributed by atoms with Crippen molar-refractivity contribution in [3.63, 3.8) is 0 Å². The number of benzene rings is 3. The Morgan fingerprint density at radius 3 is 2.51 bits per heavy atom. The van der Waals surface area contributed by atoms with Crippen molar-refractivity contribution in [3.05, 3.63) is 111 Å². The van der Waals surface area contributed by atoms with Gasteiger partial charge in [-0.25, -0.2) is 4.98 Å². The maximum Gasteiger partial charge on any atom is 0.261 e. The topological polar surface area (TPSA) is 103 Å². The lowest BCUT2D eigenvalue weighted by Gasteiger charge is -2.10. The van der Waals surface area contributed by atoms with Gasteiger partial charge in [0.15, 0.2) is 0 Å². The molecule has 5 rings (SSSR count). The number of aromatic nitrogens is 3. The van der Waals surface area contributed by atoms with E-state index in [9.17, 15) is 9.59 Å². The minimum Gasteiger partial charge on any atom is -0.380 e. The maximum absolute atomic E-state index is 12.8. The number of rotatable bonds is 6. The molecule has 7 nitrogen and oxygen atoms in total. The van der Waals surface area contributed by atoms with E-state index < -0.39 is 0 Å². The molecule has 0 fully saturated rings. The van der Waals surface area contributed by atoms with Gasteiger partial charge in [0.25, 0.3) is 11.5 Å². The van der Waals surface area contributed by atoms with E-state index >= 15 is 0 Å². The summed E-state index contributed by atoms with van der Waals surface area (Å²) in [5, 5.41) is 7.38. The quantitative estimate of drug-likeness (QED) is 0.225. The highest BCUT2D eigenvalue weighted by Gasteiger charge is 2.17. The molecule has 35 heavy (non-hydrogen) atoms. The molecule has 0 aliphatic carbocycles. The third-order valence-electron chi connectivity index (χ3n) is 5.44. The molecule has 2 aromatic heterocycles. The number of nitrogens with one attached hydrogen (secondary N) is 4. The van der Waals surface area contributed by atoms with Crippen LogP contribution in [0.25, 0.3) is 22.4 Å². The van der Waals surface area contributed by atoms with Gasteiger partial charge in [0.1, 0.15) is 11.4 Å². The van der Waals surface area contributed by atoms with Gasteiger partial charge in [0.2, 0.25) is 0 Å². The lowest BCUT2D eigenvalue weighted by molar-refractivity contribution is 0.102. The molecule has 3 aromatic carbocycles. The predicted octanol–water partition coefficient (Wildman–Crippen LogP) is 6.09. The van der Waals surface area contributed by atoms with Crippen LogP contribution in [0.1, 0.15) is 15.9 Å². The Morgan fingerprint density at radius 2 is 1.71 bits per heavy atom. The third kappa shape index (κ3) is 4.91. The molecule has 174 valence electrons. The average molecular weight is 504 g/mol. The van der Waals surface area contributed by atoms with Gasteiger partial charge in [-0.15, -0.1) is 0 Å². The van der Waals surface area contributed by atoms with Crippen LogP contribution in [0.5, 0.6) is 0 Å². The summed E-state index contributed by atoms with van der Waals surface area (Å²) in [6.07, 6.45) is 1.58. The summed E-state index contributed by atoms with van der Waals surface area (Å²) in [7, 11) is 0. The maximum atomic E-state index is 12.8. The second-order valence-electron chi connectivity index (χ2n) is 7.83. The highest BCUT2D eigenvalue weighted by molar-refractivity contribution is 6.31. The summed E-state index contributed by atoms with van der Waals surface area (Å²) in [6.45, 7) is 0.472. The summed E-state index contributed by atoms with van der Waals surface area (Å²) in [5.74, 6) is 0.0930. The first-order chi connectivity index (χ1) is 17.0. The molecule has 0 bridgehead atoms. The average Bonchev–Trinajstić information content (AvgIpc) is 3.28. The fraction of sp³-hybridized carbons (Fsp3) is 0.0385. The zero-order valence-electron chi connectivity index (χ0n) is 18.2. The summed E-state index contributed by atoms with van der Waals surface area (Å²) in [4.78, 5) is 36.1. The fourth-order valence-electron chi connectivity index (χ4n) is 3.75. The van der Waals surface area contributed by atoms with Crippen molar-refractivity contribution in [2.24, 2.45) is 0 Å². The van der Waals surface area contributed by atoms with Crippen LogP contribution in [-0.2, 0) is 6.54 Å². The number of halogens is 2. The van der Waals surface area contributed by atoms with Gasteiger partial charge in [-0.2, -0.15) is 0 Å². The normalized spacial score (nSPS) is 10.9. The Labute approximate surface area is 210 Å². The zero-order valence-corrected chi connectivity index (χ0v) is 19.7. The minimum atomic E-state index is -0.299. The molecule has 0 aliphatic heterocycles. The van der Waals surface area contributed by atoms with Gasteiger partial charge < -0.3 is 20.6 Å². The van der Waals surface area contributed by atoms with Crippen LogP contribution in [0.4, 0.5) is 11.4 Å². The molecule has 0 saturated heterocycles. The summed E-state index contributed by atoms with van der Waals surface area (Å²) >= 11 is 12.0. The van der Waals surface area contributed by atoms with E-state index in [1.165, 1.54) is 0 Å².